The summed E-state index contributed by atoms with van der Waals surface area (Å²) >= 11 is 0. The molecule has 3 N–H and O–H groups in total. The number of anilines is 1. The minimum absolute atomic E-state index is 0.00342. The molecular formula is C19H22FN3O. The molecule has 2 atom stereocenters. The number of halogens is 1. The lowest BCUT2D eigenvalue weighted by Gasteiger charge is -2.16. The Kier molecular flexibility index (Phi) is 4.92. The third kappa shape index (κ3) is 3.80. The molecule has 1 saturated heterocycles. The van der Waals surface area contributed by atoms with E-state index in [0.717, 1.165) is 12.1 Å². The Bertz CT molecular complexity index is 720. The standard InChI is InChI=1S/C19H22FN3O/c1-13-7-8-18(16(20)9-13)22-19(24)12-23-10-15(17(21)11-23)14-5-3-2-4-6-14/h2-9,15,17H,10-12,21H2,1H3,(H,22,24)/t15-,17+/m0/s1. The van der Waals surface area contributed by atoms with Crippen molar-refractivity contribution in [2.24, 2.45) is 5.73 Å². The van der Waals surface area contributed by atoms with E-state index >= 15 is 0 Å². The third-order valence-corrected chi connectivity index (χ3v) is 4.43. The van der Waals surface area contributed by atoms with Gasteiger partial charge in [-0.3, -0.25) is 9.69 Å². The lowest BCUT2D eigenvalue weighted by molar-refractivity contribution is -0.117. The van der Waals surface area contributed by atoms with Crippen LogP contribution in [0.15, 0.2) is 48.5 Å². The zero-order chi connectivity index (χ0) is 17.1. The second-order valence-electron chi connectivity index (χ2n) is 6.41. The van der Waals surface area contributed by atoms with Crippen LogP contribution < -0.4 is 11.1 Å². The van der Waals surface area contributed by atoms with Crippen molar-refractivity contribution in [3.05, 3.63) is 65.5 Å². The van der Waals surface area contributed by atoms with Gasteiger partial charge < -0.3 is 11.1 Å². The molecule has 1 amide bonds. The topological polar surface area (TPSA) is 58.4 Å². The number of carbonyl (C=O) groups excluding carboxylic acids is 1. The number of amides is 1. The van der Waals surface area contributed by atoms with E-state index in [1.165, 1.54) is 11.6 Å². The van der Waals surface area contributed by atoms with E-state index in [1.54, 1.807) is 12.1 Å². The van der Waals surface area contributed by atoms with E-state index < -0.39 is 5.82 Å². The molecule has 2 aromatic rings. The van der Waals surface area contributed by atoms with Gasteiger partial charge >= 0.3 is 0 Å². The number of nitrogens with one attached hydrogen (secondary N) is 1. The molecule has 1 heterocycles. The van der Waals surface area contributed by atoms with Crippen LogP contribution in [0.4, 0.5) is 10.1 Å². The van der Waals surface area contributed by atoms with Crippen molar-refractivity contribution in [3.8, 4) is 0 Å². The van der Waals surface area contributed by atoms with E-state index in [-0.39, 0.29) is 30.1 Å². The Hall–Kier alpha value is -2.24. The molecule has 4 nitrogen and oxygen atoms in total. The van der Waals surface area contributed by atoms with Crippen LogP contribution in [-0.4, -0.2) is 36.5 Å². The van der Waals surface area contributed by atoms with Crippen LogP contribution in [-0.2, 0) is 4.79 Å². The van der Waals surface area contributed by atoms with Crippen molar-refractivity contribution >= 4 is 11.6 Å². The molecule has 126 valence electrons. The van der Waals surface area contributed by atoms with Gasteiger partial charge in [-0.05, 0) is 30.2 Å². The Morgan fingerprint density at radius 2 is 2.00 bits per heavy atom. The predicted octanol–water partition coefficient (Wildman–Crippen LogP) is 2.50. The summed E-state index contributed by atoms with van der Waals surface area (Å²) in [5.41, 5.74) is 8.47. The highest BCUT2D eigenvalue weighted by atomic mass is 19.1. The lowest BCUT2D eigenvalue weighted by atomic mass is 9.95. The first-order chi connectivity index (χ1) is 11.5. The first kappa shape index (κ1) is 16.6. The molecule has 0 unspecified atom stereocenters. The maximum atomic E-state index is 13.8. The summed E-state index contributed by atoms with van der Waals surface area (Å²) in [6.07, 6.45) is 0. The third-order valence-electron chi connectivity index (χ3n) is 4.43. The number of hydrogen-bond acceptors (Lipinski definition) is 3. The fraction of sp³-hybridized carbons (Fsp3) is 0.316. The van der Waals surface area contributed by atoms with Crippen molar-refractivity contribution in [3.63, 3.8) is 0 Å². The average molecular weight is 327 g/mol. The molecule has 1 fully saturated rings. The van der Waals surface area contributed by atoms with Crippen molar-refractivity contribution in [1.29, 1.82) is 0 Å². The Balaban J connectivity index is 1.59. The van der Waals surface area contributed by atoms with Gasteiger partial charge in [-0.1, -0.05) is 36.4 Å². The molecular weight excluding hydrogens is 305 g/mol. The van der Waals surface area contributed by atoms with Crippen LogP contribution >= 0.6 is 0 Å². The zero-order valence-corrected chi connectivity index (χ0v) is 13.7. The molecule has 1 aliphatic heterocycles. The summed E-state index contributed by atoms with van der Waals surface area (Å²) < 4.78 is 13.8. The number of aryl methyl sites for hydroxylation is 1. The normalized spacial score (nSPS) is 21.0. The van der Waals surface area contributed by atoms with Gasteiger partial charge in [0.25, 0.3) is 0 Å². The van der Waals surface area contributed by atoms with Crippen LogP contribution in [0.3, 0.4) is 0 Å². The maximum Gasteiger partial charge on any atom is 0.238 e. The lowest BCUT2D eigenvalue weighted by Crippen LogP contribution is -2.33. The number of benzene rings is 2. The van der Waals surface area contributed by atoms with Gasteiger partial charge in [0.15, 0.2) is 0 Å². The van der Waals surface area contributed by atoms with E-state index in [0.29, 0.717) is 6.54 Å². The van der Waals surface area contributed by atoms with Crippen molar-refractivity contribution < 1.29 is 9.18 Å². The maximum absolute atomic E-state index is 13.8. The molecule has 0 aliphatic carbocycles. The monoisotopic (exact) mass is 327 g/mol. The highest BCUT2D eigenvalue weighted by molar-refractivity contribution is 5.92. The molecule has 2 aromatic carbocycles. The summed E-state index contributed by atoms with van der Waals surface area (Å²) in [7, 11) is 0. The fourth-order valence-electron chi connectivity index (χ4n) is 3.21. The number of nitrogens with zero attached hydrogens (tertiary/aromatic N) is 1. The summed E-state index contributed by atoms with van der Waals surface area (Å²) in [6.45, 7) is 3.41. The minimum atomic E-state index is -0.413. The Labute approximate surface area is 141 Å². The smallest absolute Gasteiger partial charge is 0.238 e. The SMILES string of the molecule is Cc1ccc(NC(=O)CN2C[C@@H](N)[C@H](c3ccccc3)C2)c(F)c1. The molecule has 1 aliphatic rings. The Morgan fingerprint density at radius 3 is 2.71 bits per heavy atom. The fourth-order valence-corrected chi connectivity index (χ4v) is 3.21. The van der Waals surface area contributed by atoms with Crippen LogP contribution in [0, 0.1) is 12.7 Å². The molecule has 24 heavy (non-hydrogen) atoms. The van der Waals surface area contributed by atoms with Crippen molar-refractivity contribution in [1.82, 2.24) is 4.90 Å². The highest BCUT2D eigenvalue weighted by Crippen LogP contribution is 2.26. The largest absolute Gasteiger partial charge is 0.326 e. The molecule has 0 radical (unpaired) electrons. The van der Waals surface area contributed by atoms with Gasteiger partial charge in [-0.25, -0.2) is 4.39 Å². The molecule has 0 spiro atoms. The van der Waals surface area contributed by atoms with E-state index in [2.05, 4.69) is 17.4 Å². The molecule has 5 heteroatoms. The van der Waals surface area contributed by atoms with Crippen LogP contribution in [0.1, 0.15) is 17.0 Å². The molecule has 0 saturated carbocycles. The minimum Gasteiger partial charge on any atom is -0.326 e. The summed E-state index contributed by atoms with van der Waals surface area (Å²) in [5.74, 6) is -0.419. The number of nitrogens with two attached hydrogens (primary N) is 1. The molecule has 0 bridgehead atoms. The quantitative estimate of drug-likeness (QED) is 0.907. The van der Waals surface area contributed by atoms with Gasteiger partial charge in [0, 0.05) is 25.0 Å². The van der Waals surface area contributed by atoms with E-state index in [1.807, 2.05) is 30.0 Å². The van der Waals surface area contributed by atoms with Gasteiger partial charge in [0.05, 0.1) is 12.2 Å². The number of carbonyl (C=O) groups is 1. The highest BCUT2D eigenvalue weighted by Gasteiger charge is 2.32. The summed E-state index contributed by atoms with van der Waals surface area (Å²) in [5, 5.41) is 2.64. The number of rotatable bonds is 4. The second kappa shape index (κ2) is 7.11. The van der Waals surface area contributed by atoms with Crippen LogP contribution in [0.5, 0.6) is 0 Å². The van der Waals surface area contributed by atoms with Gasteiger partial charge in [0.1, 0.15) is 5.82 Å². The zero-order valence-electron chi connectivity index (χ0n) is 13.7. The average Bonchev–Trinajstić information content (AvgIpc) is 2.91. The van der Waals surface area contributed by atoms with Crippen LogP contribution in [0.2, 0.25) is 0 Å². The predicted molar refractivity (Wildman–Crippen MR) is 93.4 cm³/mol. The first-order valence-electron chi connectivity index (χ1n) is 8.12. The first-order valence-corrected chi connectivity index (χ1v) is 8.12. The van der Waals surface area contributed by atoms with E-state index in [4.69, 9.17) is 5.73 Å². The number of likely N-dealkylation sites (tertiary alicyclic amines) is 1. The summed E-state index contributed by atoms with van der Waals surface area (Å²) in [4.78, 5) is 14.2. The number of hydrogen-bond donors (Lipinski definition) is 2. The van der Waals surface area contributed by atoms with Gasteiger partial charge in [0.2, 0.25) is 5.91 Å². The van der Waals surface area contributed by atoms with Gasteiger partial charge in [-0.2, -0.15) is 0 Å². The van der Waals surface area contributed by atoms with E-state index in [9.17, 15) is 9.18 Å². The van der Waals surface area contributed by atoms with Gasteiger partial charge in [-0.15, -0.1) is 0 Å². The van der Waals surface area contributed by atoms with Crippen molar-refractivity contribution in [2.45, 2.75) is 18.9 Å². The molecule has 0 aromatic heterocycles. The second-order valence-corrected chi connectivity index (χ2v) is 6.41. The molecule has 3 rings (SSSR count). The summed E-state index contributed by atoms with van der Waals surface area (Å²) in [6, 6.07) is 14.9. The van der Waals surface area contributed by atoms with Crippen molar-refractivity contribution in [2.75, 3.05) is 25.0 Å². The Morgan fingerprint density at radius 1 is 1.25 bits per heavy atom. The van der Waals surface area contributed by atoms with Crippen LogP contribution in [0.25, 0.3) is 0 Å².